The molecule has 106 valence electrons. The Balaban J connectivity index is 0.00000200. The molecule has 2 aromatic rings. The predicted molar refractivity (Wildman–Crippen MR) is 73.8 cm³/mol. The molecule has 0 aliphatic rings. The van der Waals surface area contributed by atoms with E-state index in [0.717, 1.165) is 11.1 Å². The molecule has 0 radical (unpaired) electrons. The van der Waals surface area contributed by atoms with Crippen LogP contribution in [-0.2, 0) is 4.74 Å². The van der Waals surface area contributed by atoms with Gasteiger partial charge in [0.1, 0.15) is 0 Å². The van der Waals surface area contributed by atoms with Gasteiger partial charge in [0.05, 0.1) is 12.7 Å². The van der Waals surface area contributed by atoms with Crippen molar-refractivity contribution in [2.24, 2.45) is 0 Å². The summed E-state index contributed by atoms with van der Waals surface area (Å²) in [4.78, 5) is 11.4. The minimum Gasteiger partial charge on any atom is -1.00 e. The molecule has 0 amide bonds. The summed E-state index contributed by atoms with van der Waals surface area (Å²) in [6.07, 6.45) is 4.13. The van der Waals surface area contributed by atoms with Crippen LogP contribution in [0.15, 0.2) is 48.8 Å². The van der Waals surface area contributed by atoms with E-state index in [0.29, 0.717) is 11.6 Å². The molecule has 20 heavy (non-hydrogen) atoms. The summed E-state index contributed by atoms with van der Waals surface area (Å²) in [6, 6.07) is 12.0. The summed E-state index contributed by atoms with van der Waals surface area (Å²) < 4.78 is 6.83. The van der Waals surface area contributed by atoms with Gasteiger partial charge in [-0.15, -0.1) is 0 Å². The summed E-state index contributed by atoms with van der Waals surface area (Å²) in [5, 5.41) is 0. The predicted octanol–water partition coefficient (Wildman–Crippen LogP) is 0.0126. The number of ether oxygens (including phenoxy) is 1. The molecule has 0 aliphatic carbocycles. The molecule has 0 fully saturated rings. The highest BCUT2D eigenvalue weighted by molar-refractivity contribution is 5.89. The Morgan fingerprint density at radius 1 is 1.00 bits per heavy atom. The molecule has 2 rings (SSSR count). The van der Waals surface area contributed by atoms with E-state index in [2.05, 4.69) is 47.7 Å². The Kier molecular flexibility index (Phi) is 5.89. The number of halogens is 1. The van der Waals surface area contributed by atoms with Crippen LogP contribution in [0.4, 0.5) is 0 Å². The van der Waals surface area contributed by atoms with Gasteiger partial charge in [0, 0.05) is 12.1 Å². The van der Waals surface area contributed by atoms with Crippen LogP contribution in [0.25, 0.3) is 11.1 Å². The van der Waals surface area contributed by atoms with Crippen molar-refractivity contribution in [3.8, 4) is 11.1 Å². The third kappa shape index (κ3) is 3.67. The quantitative estimate of drug-likeness (QED) is 0.584. The highest BCUT2D eigenvalue weighted by atomic mass is 79.9. The van der Waals surface area contributed by atoms with Gasteiger partial charge in [0.2, 0.25) is 0 Å². The van der Waals surface area contributed by atoms with Gasteiger partial charge in [0.15, 0.2) is 18.4 Å². The zero-order chi connectivity index (χ0) is 13.8. The molecule has 0 saturated heterocycles. The van der Waals surface area contributed by atoms with Crippen molar-refractivity contribution in [2.45, 2.75) is 19.9 Å². The maximum Gasteiger partial charge on any atom is 0.337 e. The first kappa shape index (κ1) is 16.4. The molecule has 0 N–H and O–H groups in total. The number of methoxy groups -OCH3 is 1. The Hall–Kier alpha value is -1.68. The van der Waals surface area contributed by atoms with Crippen LogP contribution in [0, 0.1) is 0 Å². The monoisotopic (exact) mass is 335 g/mol. The van der Waals surface area contributed by atoms with Gasteiger partial charge >= 0.3 is 5.97 Å². The summed E-state index contributed by atoms with van der Waals surface area (Å²) in [5.41, 5.74) is 2.79. The van der Waals surface area contributed by atoms with Crippen LogP contribution in [0.5, 0.6) is 0 Å². The number of hydrogen-bond donors (Lipinski definition) is 0. The molecule has 1 aromatic carbocycles. The van der Waals surface area contributed by atoms with Gasteiger partial charge in [0.25, 0.3) is 0 Å². The SMILES string of the molecule is COC(=O)c1ccc(-c2cc[n+](C(C)C)cc2)cc1.[Br-]. The van der Waals surface area contributed by atoms with Gasteiger partial charge in [-0.1, -0.05) is 12.1 Å². The van der Waals surface area contributed by atoms with Crippen molar-refractivity contribution < 1.29 is 31.1 Å². The second-order valence-electron chi connectivity index (χ2n) is 4.70. The minimum atomic E-state index is -0.308. The second kappa shape index (κ2) is 7.20. The molecular formula is C16H18BrNO2. The largest absolute Gasteiger partial charge is 1.00 e. The van der Waals surface area contributed by atoms with E-state index in [1.165, 1.54) is 7.11 Å². The first-order chi connectivity index (χ1) is 9.11. The van der Waals surface area contributed by atoms with E-state index in [1.807, 2.05) is 12.1 Å². The molecule has 0 saturated carbocycles. The zero-order valence-corrected chi connectivity index (χ0v) is 13.4. The molecule has 1 heterocycles. The number of rotatable bonds is 3. The number of carbonyl (C=O) groups excluding carboxylic acids is 1. The van der Waals surface area contributed by atoms with Gasteiger partial charge in [-0.05, 0) is 37.1 Å². The number of benzene rings is 1. The Morgan fingerprint density at radius 2 is 1.50 bits per heavy atom. The first-order valence-electron chi connectivity index (χ1n) is 6.31. The van der Waals surface area contributed by atoms with Gasteiger partial charge in [-0.25, -0.2) is 9.36 Å². The second-order valence-corrected chi connectivity index (χ2v) is 4.70. The van der Waals surface area contributed by atoms with Gasteiger partial charge in [-0.2, -0.15) is 0 Å². The highest BCUT2D eigenvalue weighted by Crippen LogP contribution is 2.18. The lowest BCUT2D eigenvalue weighted by Crippen LogP contribution is -3.00. The van der Waals surface area contributed by atoms with Crippen LogP contribution in [0.3, 0.4) is 0 Å². The number of aromatic nitrogens is 1. The van der Waals surface area contributed by atoms with Gasteiger partial charge < -0.3 is 21.7 Å². The third-order valence-electron chi connectivity index (χ3n) is 3.09. The van der Waals surface area contributed by atoms with E-state index in [4.69, 9.17) is 0 Å². The zero-order valence-electron chi connectivity index (χ0n) is 11.8. The van der Waals surface area contributed by atoms with E-state index < -0.39 is 0 Å². The van der Waals surface area contributed by atoms with Crippen molar-refractivity contribution in [2.75, 3.05) is 7.11 Å². The summed E-state index contributed by atoms with van der Waals surface area (Å²) in [5.74, 6) is -0.308. The number of hydrogen-bond acceptors (Lipinski definition) is 2. The van der Waals surface area contributed by atoms with E-state index in [9.17, 15) is 4.79 Å². The van der Waals surface area contributed by atoms with Crippen molar-refractivity contribution in [1.29, 1.82) is 0 Å². The maximum absolute atomic E-state index is 11.4. The minimum absolute atomic E-state index is 0. The summed E-state index contributed by atoms with van der Waals surface area (Å²) in [6.45, 7) is 4.29. The van der Waals surface area contributed by atoms with Crippen LogP contribution >= 0.6 is 0 Å². The summed E-state index contributed by atoms with van der Waals surface area (Å²) >= 11 is 0. The highest BCUT2D eigenvalue weighted by Gasteiger charge is 2.08. The fourth-order valence-electron chi connectivity index (χ4n) is 1.89. The standard InChI is InChI=1S/C16H18NO2.BrH/c1-12(2)17-10-8-14(9-11-17)13-4-6-15(7-5-13)16(18)19-3;/h4-12H,1-3H3;1H/q+1;/p-1. The lowest BCUT2D eigenvalue weighted by molar-refractivity contribution is -0.716. The Bertz CT molecular complexity index is 562. The number of pyridine rings is 1. The molecular weight excluding hydrogens is 318 g/mol. The first-order valence-corrected chi connectivity index (χ1v) is 6.31. The van der Waals surface area contributed by atoms with E-state index >= 15 is 0 Å². The van der Waals surface area contributed by atoms with Crippen molar-refractivity contribution in [1.82, 2.24) is 0 Å². The van der Waals surface area contributed by atoms with Crippen molar-refractivity contribution in [3.63, 3.8) is 0 Å². The number of nitrogens with zero attached hydrogens (tertiary/aromatic N) is 1. The fourth-order valence-corrected chi connectivity index (χ4v) is 1.89. The maximum atomic E-state index is 11.4. The lowest BCUT2D eigenvalue weighted by Gasteiger charge is -2.04. The van der Waals surface area contributed by atoms with Gasteiger partial charge in [-0.3, -0.25) is 0 Å². The van der Waals surface area contributed by atoms with Crippen LogP contribution in [0.1, 0.15) is 30.2 Å². The molecule has 0 bridgehead atoms. The van der Waals surface area contributed by atoms with Crippen molar-refractivity contribution >= 4 is 5.97 Å². The number of carbonyl (C=O) groups is 1. The lowest BCUT2D eigenvalue weighted by atomic mass is 10.1. The Labute approximate surface area is 130 Å². The summed E-state index contributed by atoms with van der Waals surface area (Å²) in [7, 11) is 1.39. The third-order valence-corrected chi connectivity index (χ3v) is 3.09. The molecule has 0 unspecified atom stereocenters. The smallest absolute Gasteiger partial charge is 0.337 e. The molecule has 0 spiro atoms. The van der Waals surface area contributed by atoms with Crippen LogP contribution < -0.4 is 21.5 Å². The fraction of sp³-hybridized carbons (Fsp3) is 0.250. The normalized spacial score (nSPS) is 10.0. The number of esters is 1. The molecule has 1 aromatic heterocycles. The topological polar surface area (TPSA) is 30.2 Å². The molecule has 0 atom stereocenters. The molecule has 3 nitrogen and oxygen atoms in total. The van der Waals surface area contributed by atoms with E-state index in [1.54, 1.807) is 12.1 Å². The van der Waals surface area contributed by atoms with Crippen molar-refractivity contribution in [3.05, 3.63) is 54.4 Å². The average Bonchev–Trinajstić information content (AvgIpc) is 2.46. The Morgan fingerprint density at radius 3 is 1.95 bits per heavy atom. The van der Waals surface area contributed by atoms with Crippen LogP contribution in [-0.4, -0.2) is 13.1 Å². The average molecular weight is 336 g/mol. The molecule has 0 aliphatic heterocycles. The van der Waals surface area contributed by atoms with Crippen LogP contribution in [0.2, 0.25) is 0 Å². The van der Waals surface area contributed by atoms with E-state index in [-0.39, 0.29) is 23.0 Å². The molecule has 4 heteroatoms.